The Morgan fingerprint density at radius 3 is 1.94 bits per heavy atom. The zero-order valence-corrected chi connectivity index (χ0v) is 8.73. The van der Waals surface area contributed by atoms with Crippen molar-refractivity contribution >= 4 is 11.9 Å². The number of esters is 1. The van der Waals surface area contributed by atoms with Crippen LogP contribution in [-0.4, -0.2) is 57.2 Å². The Bertz CT molecular complexity index is 248. The third-order valence-electron chi connectivity index (χ3n) is 1.49. The highest BCUT2D eigenvalue weighted by Crippen LogP contribution is 2.08. The largest absolute Gasteiger partial charge is 0.479 e. The molecule has 94 valence electrons. The lowest BCUT2D eigenvalue weighted by Crippen LogP contribution is -2.43. The molecule has 0 amide bonds. The zero-order chi connectivity index (χ0) is 12.9. The van der Waals surface area contributed by atoms with E-state index in [1.807, 2.05) is 0 Å². The highest BCUT2D eigenvalue weighted by atomic mass is 16.7. The van der Waals surface area contributed by atoms with E-state index in [0.29, 0.717) is 0 Å². The molecule has 3 unspecified atom stereocenters. The van der Waals surface area contributed by atoms with E-state index in [1.165, 1.54) is 0 Å². The van der Waals surface area contributed by atoms with Gasteiger partial charge in [0.25, 0.3) is 6.29 Å². The average molecular weight is 238 g/mol. The van der Waals surface area contributed by atoms with Crippen molar-refractivity contribution in [3.8, 4) is 0 Å². The molecule has 0 aromatic heterocycles. The summed E-state index contributed by atoms with van der Waals surface area (Å²) in [5, 5.41) is 35.2. The van der Waals surface area contributed by atoms with Gasteiger partial charge < -0.3 is 29.9 Å². The van der Waals surface area contributed by atoms with E-state index in [1.54, 1.807) is 0 Å². The maximum Gasteiger partial charge on any atom is 0.335 e. The van der Waals surface area contributed by atoms with E-state index >= 15 is 0 Å². The topological polar surface area (TPSA) is 134 Å². The summed E-state index contributed by atoms with van der Waals surface area (Å²) in [5.41, 5.74) is 0. The SMILES string of the molecule is CC(=O)OC(OC(C(=O)O)C(C)O)C(O)O. The van der Waals surface area contributed by atoms with Gasteiger partial charge in [-0.1, -0.05) is 0 Å². The van der Waals surface area contributed by atoms with E-state index in [-0.39, 0.29) is 0 Å². The molecule has 0 bridgehead atoms. The molecule has 16 heavy (non-hydrogen) atoms. The maximum atomic E-state index is 10.6. The van der Waals surface area contributed by atoms with Crippen molar-refractivity contribution in [1.82, 2.24) is 0 Å². The molecule has 4 N–H and O–H groups in total. The van der Waals surface area contributed by atoms with Crippen LogP contribution in [0.4, 0.5) is 0 Å². The van der Waals surface area contributed by atoms with Crippen molar-refractivity contribution in [2.75, 3.05) is 0 Å². The van der Waals surface area contributed by atoms with Gasteiger partial charge in [0, 0.05) is 6.92 Å². The third kappa shape index (κ3) is 5.03. The standard InChI is InChI=1S/C8H14O8/c1-3(9)5(6(11)12)16-8(7(13)14)15-4(2)10/h3,5,7-9,13-14H,1-2H3,(H,11,12). The second-order valence-corrected chi connectivity index (χ2v) is 3.03. The Balaban J connectivity index is 4.57. The summed E-state index contributed by atoms with van der Waals surface area (Å²) < 4.78 is 8.86. The van der Waals surface area contributed by atoms with Crippen molar-refractivity contribution in [3.63, 3.8) is 0 Å². The minimum absolute atomic E-state index is 0.882. The summed E-state index contributed by atoms with van der Waals surface area (Å²) in [4.78, 5) is 21.1. The van der Waals surface area contributed by atoms with E-state index in [2.05, 4.69) is 9.47 Å². The van der Waals surface area contributed by atoms with Gasteiger partial charge in [-0.3, -0.25) is 4.79 Å². The summed E-state index contributed by atoms with van der Waals surface area (Å²) in [6.07, 6.45) is -7.21. The Hall–Kier alpha value is -1.22. The van der Waals surface area contributed by atoms with Gasteiger partial charge in [-0.25, -0.2) is 4.79 Å². The number of carbonyl (C=O) groups is 2. The molecule has 0 radical (unpaired) electrons. The smallest absolute Gasteiger partial charge is 0.335 e. The molecule has 0 heterocycles. The van der Waals surface area contributed by atoms with E-state index in [0.717, 1.165) is 13.8 Å². The molecular formula is C8H14O8. The van der Waals surface area contributed by atoms with Crippen molar-refractivity contribution in [3.05, 3.63) is 0 Å². The molecule has 0 fully saturated rings. The first-order chi connectivity index (χ1) is 7.25. The van der Waals surface area contributed by atoms with Crippen LogP contribution < -0.4 is 0 Å². The number of carbonyl (C=O) groups excluding carboxylic acids is 1. The molecule has 0 aromatic rings. The monoisotopic (exact) mass is 238 g/mol. The van der Waals surface area contributed by atoms with Crippen molar-refractivity contribution in [2.45, 2.75) is 38.6 Å². The van der Waals surface area contributed by atoms with Crippen LogP contribution in [0.2, 0.25) is 0 Å². The minimum Gasteiger partial charge on any atom is -0.479 e. The number of aliphatic hydroxyl groups excluding tert-OH is 2. The predicted molar refractivity (Wildman–Crippen MR) is 48.0 cm³/mol. The Morgan fingerprint density at radius 1 is 1.19 bits per heavy atom. The van der Waals surface area contributed by atoms with Crippen LogP contribution in [-0.2, 0) is 19.1 Å². The first-order valence-corrected chi connectivity index (χ1v) is 4.35. The van der Waals surface area contributed by atoms with Gasteiger partial charge in [-0.05, 0) is 6.92 Å². The van der Waals surface area contributed by atoms with Crippen LogP contribution in [0.25, 0.3) is 0 Å². The summed E-state index contributed by atoms with van der Waals surface area (Å²) in [6, 6.07) is 0. The summed E-state index contributed by atoms with van der Waals surface area (Å²) in [6.45, 7) is 2.12. The Kier molecular flexibility index (Phi) is 5.89. The molecule has 0 aliphatic rings. The highest BCUT2D eigenvalue weighted by Gasteiger charge is 2.32. The lowest BCUT2D eigenvalue weighted by molar-refractivity contribution is -0.267. The number of carboxylic acid groups (broad SMARTS) is 1. The highest BCUT2D eigenvalue weighted by molar-refractivity contribution is 5.73. The van der Waals surface area contributed by atoms with E-state index in [9.17, 15) is 9.59 Å². The lowest BCUT2D eigenvalue weighted by Gasteiger charge is -2.24. The van der Waals surface area contributed by atoms with Crippen LogP contribution in [0.15, 0.2) is 0 Å². The normalized spacial score (nSPS) is 16.6. The van der Waals surface area contributed by atoms with Crippen molar-refractivity contribution < 1.29 is 39.5 Å². The number of rotatable bonds is 6. The molecule has 0 aromatic carbocycles. The number of carboxylic acids is 1. The predicted octanol–water partition coefficient (Wildman–Crippen LogP) is -1.96. The Morgan fingerprint density at radius 2 is 1.69 bits per heavy atom. The zero-order valence-electron chi connectivity index (χ0n) is 8.73. The molecule has 8 nitrogen and oxygen atoms in total. The Labute approximate surface area is 91.0 Å². The molecule has 0 rings (SSSR count). The number of ether oxygens (including phenoxy) is 2. The first-order valence-electron chi connectivity index (χ1n) is 4.35. The van der Waals surface area contributed by atoms with E-state index in [4.69, 9.17) is 20.4 Å². The third-order valence-corrected chi connectivity index (χ3v) is 1.49. The van der Waals surface area contributed by atoms with Gasteiger partial charge in [-0.2, -0.15) is 0 Å². The number of aliphatic hydroxyl groups is 3. The van der Waals surface area contributed by atoms with Gasteiger partial charge in [0.05, 0.1) is 6.10 Å². The van der Waals surface area contributed by atoms with Crippen LogP contribution in [0, 0.1) is 0 Å². The molecule has 0 spiro atoms. The summed E-state index contributed by atoms with van der Waals surface area (Å²) in [7, 11) is 0. The van der Waals surface area contributed by atoms with Crippen LogP contribution in [0.1, 0.15) is 13.8 Å². The van der Waals surface area contributed by atoms with Crippen molar-refractivity contribution in [2.24, 2.45) is 0 Å². The molecule has 0 saturated heterocycles. The lowest BCUT2D eigenvalue weighted by atomic mass is 10.2. The quantitative estimate of drug-likeness (QED) is 0.309. The van der Waals surface area contributed by atoms with Gasteiger partial charge >= 0.3 is 11.9 Å². The average Bonchev–Trinajstić information content (AvgIpc) is 2.09. The van der Waals surface area contributed by atoms with Gasteiger partial charge in [-0.15, -0.1) is 0 Å². The number of hydrogen-bond donors (Lipinski definition) is 4. The molecule has 8 heteroatoms. The molecular weight excluding hydrogens is 224 g/mol. The fraction of sp³-hybridized carbons (Fsp3) is 0.750. The summed E-state index contributed by atoms with van der Waals surface area (Å²) in [5.74, 6) is -2.40. The summed E-state index contributed by atoms with van der Waals surface area (Å²) >= 11 is 0. The molecule has 0 saturated carbocycles. The van der Waals surface area contributed by atoms with Crippen LogP contribution in [0.3, 0.4) is 0 Å². The van der Waals surface area contributed by atoms with Crippen molar-refractivity contribution in [1.29, 1.82) is 0 Å². The van der Waals surface area contributed by atoms with Crippen LogP contribution in [0.5, 0.6) is 0 Å². The fourth-order valence-corrected chi connectivity index (χ4v) is 0.845. The molecule has 3 atom stereocenters. The number of aliphatic carboxylic acids is 1. The fourth-order valence-electron chi connectivity index (χ4n) is 0.845. The van der Waals surface area contributed by atoms with Gasteiger partial charge in [0.1, 0.15) is 0 Å². The maximum absolute atomic E-state index is 10.6. The van der Waals surface area contributed by atoms with E-state index < -0.39 is 36.7 Å². The second kappa shape index (κ2) is 6.38. The van der Waals surface area contributed by atoms with Crippen LogP contribution >= 0.6 is 0 Å². The number of hydrogen-bond acceptors (Lipinski definition) is 7. The van der Waals surface area contributed by atoms with Gasteiger partial charge in [0.2, 0.25) is 6.29 Å². The minimum atomic E-state index is -2.20. The first kappa shape index (κ1) is 14.8. The second-order valence-electron chi connectivity index (χ2n) is 3.03. The van der Waals surface area contributed by atoms with Gasteiger partial charge in [0.15, 0.2) is 6.10 Å². The molecule has 0 aliphatic carbocycles. The molecule has 0 aliphatic heterocycles.